The van der Waals surface area contributed by atoms with Crippen LogP contribution in [-0.2, 0) is 14.8 Å². The van der Waals surface area contributed by atoms with E-state index in [9.17, 15) is 13.2 Å². The molecule has 0 radical (unpaired) electrons. The van der Waals surface area contributed by atoms with Gasteiger partial charge in [-0.1, -0.05) is 44.6 Å². The smallest absolute Gasteiger partial charge is 0.249 e. The number of hydrogen-bond acceptors (Lipinski definition) is 5. The molecule has 0 unspecified atom stereocenters. The molecule has 0 bridgehead atoms. The lowest BCUT2D eigenvalue weighted by Gasteiger charge is -2.21. The van der Waals surface area contributed by atoms with Crippen LogP contribution in [0.15, 0.2) is 35.7 Å². The van der Waals surface area contributed by atoms with Gasteiger partial charge in [-0.05, 0) is 37.1 Å². The zero-order valence-electron chi connectivity index (χ0n) is 15.2. The van der Waals surface area contributed by atoms with Crippen LogP contribution in [0, 0.1) is 0 Å². The average molecular weight is 396 g/mol. The second kappa shape index (κ2) is 9.25. The van der Waals surface area contributed by atoms with Gasteiger partial charge in [-0.3, -0.25) is 10.1 Å². The number of thiazole rings is 1. The third-order valence-corrected chi connectivity index (χ3v) is 6.76. The van der Waals surface area contributed by atoms with Crippen molar-refractivity contribution in [1.29, 1.82) is 0 Å². The molecule has 2 aromatic rings. The molecule has 0 fully saturated rings. The predicted molar refractivity (Wildman–Crippen MR) is 107 cm³/mol. The molecule has 8 heteroatoms. The lowest BCUT2D eigenvalue weighted by molar-refractivity contribution is -0.111. The van der Waals surface area contributed by atoms with Crippen molar-refractivity contribution >= 4 is 42.6 Å². The molecule has 0 aliphatic rings. The normalized spacial score (nSPS) is 11.8. The van der Waals surface area contributed by atoms with Crippen LogP contribution in [0.5, 0.6) is 0 Å². The molecule has 1 N–H and O–H groups in total. The number of aromatic nitrogens is 1. The van der Waals surface area contributed by atoms with Crippen LogP contribution in [0.1, 0.15) is 39.5 Å². The minimum absolute atomic E-state index is 0.266. The van der Waals surface area contributed by atoms with Gasteiger partial charge in [0.15, 0.2) is 5.13 Å². The highest BCUT2D eigenvalue weighted by atomic mass is 32.2. The standard InChI is InChI=1S/C18H25N3O3S2/c1-4-7-11-21(12-8-5-2)26(23,24)14-9-10-15-16(13-14)25-18(19-15)20-17(22)6-3/h6,9-10,13H,3-5,7-8,11-12H2,1-2H3,(H,19,20,22). The Balaban J connectivity index is 2.33. The molecule has 1 amide bonds. The number of fused-ring (bicyclic) bond motifs is 1. The summed E-state index contributed by atoms with van der Waals surface area (Å²) in [7, 11) is -3.55. The number of rotatable bonds is 10. The van der Waals surface area contributed by atoms with E-state index in [4.69, 9.17) is 0 Å². The van der Waals surface area contributed by atoms with E-state index in [1.54, 1.807) is 22.5 Å². The summed E-state index contributed by atoms with van der Waals surface area (Å²) in [5.74, 6) is -0.345. The van der Waals surface area contributed by atoms with Gasteiger partial charge in [-0.25, -0.2) is 13.4 Å². The number of anilines is 1. The van der Waals surface area contributed by atoms with Crippen molar-refractivity contribution in [3.05, 3.63) is 30.9 Å². The van der Waals surface area contributed by atoms with E-state index in [1.165, 1.54) is 17.4 Å². The fourth-order valence-electron chi connectivity index (χ4n) is 2.45. The Bertz CT molecular complexity index is 867. The van der Waals surface area contributed by atoms with E-state index in [1.807, 2.05) is 13.8 Å². The van der Waals surface area contributed by atoms with Gasteiger partial charge in [0.2, 0.25) is 15.9 Å². The molecule has 142 valence electrons. The molecular weight excluding hydrogens is 370 g/mol. The van der Waals surface area contributed by atoms with E-state index >= 15 is 0 Å². The molecule has 6 nitrogen and oxygen atoms in total. The Kier molecular flexibility index (Phi) is 7.31. The molecule has 2 rings (SSSR count). The van der Waals surface area contributed by atoms with Crippen molar-refractivity contribution in [1.82, 2.24) is 9.29 Å². The zero-order valence-corrected chi connectivity index (χ0v) is 16.8. The van der Waals surface area contributed by atoms with E-state index in [0.717, 1.165) is 30.4 Å². The van der Waals surface area contributed by atoms with Crippen LogP contribution < -0.4 is 5.32 Å². The summed E-state index contributed by atoms with van der Waals surface area (Å²) < 4.78 is 28.4. The number of unbranched alkanes of at least 4 members (excludes halogenated alkanes) is 2. The number of hydrogen-bond donors (Lipinski definition) is 1. The second-order valence-corrected chi connectivity index (χ2v) is 8.92. The van der Waals surface area contributed by atoms with Gasteiger partial charge < -0.3 is 0 Å². The third kappa shape index (κ3) is 4.90. The minimum Gasteiger partial charge on any atom is -0.298 e. The number of nitrogens with zero attached hydrogens (tertiary/aromatic N) is 2. The summed E-state index contributed by atoms with van der Waals surface area (Å²) in [5, 5.41) is 3.03. The first kappa shape index (κ1) is 20.5. The van der Waals surface area contributed by atoms with Crippen LogP contribution >= 0.6 is 11.3 Å². The largest absolute Gasteiger partial charge is 0.298 e. The van der Waals surface area contributed by atoms with Gasteiger partial charge in [0, 0.05) is 13.1 Å². The summed E-state index contributed by atoms with van der Waals surface area (Å²) in [6.07, 6.45) is 4.73. The monoisotopic (exact) mass is 395 g/mol. The van der Waals surface area contributed by atoms with Crippen LogP contribution in [0.2, 0.25) is 0 Å². The first-order valence-corrected chi connectivity index (χ1v) is 11.0. The van der Waals surface area contributed by atoms with Crippen molar-refractivity contribution in [2.45, 2.75) is 44.4 Å². The lowest BCUT2D eigenvalue weighted by Crippen LogP contribution is -2.33. The van der Waals surface area contributed by atoms with Gasteiger partial charge in [-0.15, -0.1) is 0 Å². The van der Waals surface area contributed by atoms with Crippen molar-refractivity contribution < 1.29 is 13.2 Å². The Morgan fingerprint density at radius 2 is 1.92 bits per heavy atom. The van der Waals surface area contributed by atoms with Crippen molar-refractivity contribution in [3.63, 3.8) is 0 Å². The maximum Gasteiger partial charge on any atom is 0.249 e. The summed E-state index contributed by atoms with van der Waals surface area (Å²) in [5.41, 5.74) is 0.655. The summed E-state index contributed by atoms with van der Waals surface area (Å²) in [4.78, 5) is 16.0. The number of sulfonamides is 1. The molecule has 0 spiro atoms. The number of carbonyl (C=O) groups excluding carboxylic acids is 1. The first-order chi connectivity index (χ1) is 12.4. The van der Waals surface area contributed by atoms with Crippen molar-refractivity contribution in [2.75, 3.05) is 18.4 Å². The Labute approximate surface area is 159 Å². The number of carbonyl (C=O) groups is 1. The van der Waals surface area contributed by atoms with Crippen LogP contribution in [0.25, 0.3) is 10.2 Å². The van der Waals surface area contributed by atoms with Gasteiger partial charge >= 0.3 is 0 Å². The molecule has 1 aromatic carbocycles. The second-order valence-electron chi connectivity index (χ2n) is 5.95. The quantitative estimate of drug-likeness (QED) is 0.617. The molecule has 1 heterocycles. The van der Waals surface area contributed by atoms with Gasteiger partial charge in [0.05, 0.1) is 15.1 Å². The fourth-order valence-corrected chi connectivity index (χ4v) is 4.97. The fraction of sp³-hybridized carbons (Fsp3) is 0.444. The average Bonchev–Trinajstić information content (AvgIpc) is 3.02. The highest BCUT2D eigenvalue weighted by Gasteiger charge is 2.24. The van der Waals surface area contributed by atoms with E-state index < -0.39 is 10.0 Å². The Morgan fingerprint density at radius 1 is 1.27 bits per heavy atom. The molecule has 0 saturated heterocycles. The van der Waals surface area contributed by atoms with Crippen LogP contribution in [0.4, 0.5) is 5.13 Å². The topological polar surface area (TPSA) is 79.4 Å². The molecule has 26 heavy (non-hydrogen) atoms. The maximum absolute atomic E-state index is 13.0. The summed E-state index contributed by atoms with van der Waals surface area (Å²) >= 11 is 1.24. The number of nitrogens with one attached hydrogen (secondary N) is 1. The Morgan fingerprint density at radius 3 is 2.50 bits per heavy atom. The minimum atomic E-state index is -3.55. The molecule has 0 atom stereocenters. The van der Waals surface area contributed by atoms with Gasteiger partial charge in [-0.2, -0.15) is 4.31 Å². The van der Waals surface area contributed by atoms with Gasteiger partial charge in [0.1, 0.15) is 0 Å². The highest BCUT2D eigenvalue weighted by Crippen LogP contribution is 2.29. The van der Waals surface area contributed by atoms with E-state index in [-0.39, 0.29) is 10.8 Å². The Hall–Kier alpha value is -1.77. The summed E-state index contributed by atoms with van der Waals surface area (Å²) in [6.45, 7) is 8.56. The highest BCUT2D eigenvalue weighted by molar-refractivity contribution is 7.89. The van der Waals surface area contributed by atoms with Crippen LogP contribution in [0.3, 0.4) is 0 Å². The lowest BCUT2D eigenvalue weighted by atomic mass is 10.3. The SMILES string of the molecule is C=CC(=O)Nc1nc2ccc(S(=O)(=O)N(CCCC)CCCC)cc2s1. The zero-order chi connectivity index (χ0) is 19.2. The molecule has 1 aromatic heterocycles. The van der Waals surface area contributed by atoms with Gasteiger partial charge in [0.25, 0.3) is 0 Å². The first-order valence-electron chi connectivity index (χ1n) is 8.76. The van der Waals surface area contributed by atoms with Crippen molar-refractivity contribution in [2.24, 2.45) is 0 Å². The van der Waals surface area contributed by atoms with Crippen molar-refractivity contribution in [3.8, 4) is 0 Å². The molecule has 0 aliphatic heterocycles. The third-order valence-electron chi connectivity index (χ3n) is 3.94. The molecule has 0 saturated carbocycles. The van der Waals surface area contributed by atoms with E-state index in [0.29, 0.717) is 23.7 Å². The molecule has 0 aliphatic carbocycles. The van der Waals surface area contributed by atoms with E-state index in [2.05, 4.69) is 16.9 Å². The number of amides is 1. The predicted octanol–water partition coefficient (Wildman–Crippen LogP) is 4.01. The maximum atomic E-state index is 13.0. The van der Waals surface area contributed by atoms with Crippen LogP contribution in [-0.4, -0.2) is 36.7 Å². The summed E-state index contributed by atoms with van der Waals surface area (Å²) in [6, 6.07) is 4.90. The molecular formula is C18H25N3O3S2. The number of benzene rings is 1.